The van der Waals surface area contributed by atoms with E-state index in [-0.39, 0.29) is 0 Å². The molecular weight excluding hydrogens is 274 g/mol. The van der Waals surface area contributed by atoms with Crippen molar-refractivity contribution in [2.75, 3.05) is 19.7 Å². The van der Waals surface area contributed by atoms with Crippen molar-refractivity contribution in [2.24, 2.45) is 5.92 Å². The van der Waals surface area contributed by atoms with E-state index in [1.165, 1.54) is 6.42 Å². The van der Waals surface area contributed by atoms with Crippen molar-refractivity contribution in [1.82, 2.24) is 15.1 Å². The Labute approximate surface area is 129 Å². The van der Waals surface area contributed by atoms with Crippen molar-refractivity contribution in [3.8, 4) is 11.6 Å². The standard InChI is InChI=1S/C18H19N3O/c1-2-6-15(7-3-1)21-17-9-5-4-8-16(17)18(20-21)22-13-14-10-11-19-12-14/h1-9,14,19H,10-13H2/t14-/m1/s1. The van der Waals surface area contributed by atoms with Crippen LogP contribution < -0.4 is 10.1 Å². The molecule has 22 heavy (non-hydrogen) atoms. The first-order chi connectivity index (χ1) is 10.9. The fourth-order valence-electron chi connectivity index (χ4n) is 2.96. The summed E-state index contributed by atoms with van der Waals surface area (Å²) in [5.41, 5.74) is 2.13. The number of rotatable bonds is 4. The summed E-state index contributed by atoms with van der Waals surface area (Å²) in [6.45, 7) is 2.85. The zero-order chi connectivity index (χ0) is 14.8. The Morgan fingerprint density at radius 2 is 1.91 bits per heavy atom. The molecule has 1 aliphatic heterocycles. The topological polar surface area (TPSA) is 39.1 Å². The van der Waals surface area contributed by atoms with Gasteiger partial charge in [0.1, 0.15) is 0 Å². The second-order valence-corrected chi connectivity index (χ2v) is 5.74. The molecule has 112 valence electrons. The number of benzene rings is 2. The maximum absolute atomic E-state index is 6.03. The molecule has 0 amide bonds. The third kappa shape index (κ3) is 2.46. The van der Waals surface area contributed by atoms with Gasteiger partial charge in [-0.2, -0.15) is 0 Å². The van der Waals surface area contributed by atoms with Gasteiger partial charge in [0.05, 0.1) is 23.2 Å². The minimum Gasteiger partial charge on any atom is -0.476 e. The highest BCUT2D eigenvalue weighted by molar-refractivity contribution is 5.85. The average molecular weight is 293 g/mol. The molecular formula is C18H19N3O. The number of hydrogen-bond donors (Lipinski definition) is 1. The first kappa shape index (κ1) is 13.3. The highest BCUT2D eigenvalue weighted by Crippen LogP contribution is 2.27. The molecule has 0 radical (unpaired) electrons. The second kappa shape index (κ2) is 5.81. The van der Waals surface area contributed by atoms with Crippen molar-refractivity contribution >= 4 is 10.9 Å². The van der Waals surface area contributed by atoms with Crippen LogP contribution in [0.5, 0.6) is 5.88 Å². The molecule has 1 aromatic heterocycles. The van der Waals surface area contributed by atoms with E-state index in [1.54, 1.807) is 0 Å². The highest BCUT2D eigenvalue weighted by Gasteiger charge is 2.17. The van der Waals surface area contributed by atoms with Crippen molar-refractivity contribution in [1.29, 1.82) is 0 Å². The second-order valence-electron chi connectivity index (χ2n) is 5.74. The summed E-state index contributed by atoms with van der Waals surface area (Å²) in [4.78, 5) is 0. The fraction of sp³-hybridized carbons (Fsp3) is 0.278. The van der Waals surface area contributed by atoms with E-state index >= 15 is 0 Å². The van der Waals surface area contributed by atoms with Crippen LogP contribution in [0.25, 0.3) is 16.6 Å². The molecule has 3 aromatic rings. The summed E-state index contributed by atoms with van der Waals surface area (Å²) in [6, 6.07) is 18.4. The molecule has 4 nitrogen and oxygen atoms in total. The summed E-state index contributed by atoms with van der Waals surface area (Å²) in [5, 5.41) is 9.13. The summed E-state index contributed by atoms with van der Waals surface area (Å²) in [6.07, 6.45) is 1.18. The monoisotopic (exact) mass is 293 g/mol. The smallest absolute Gasteiger partial charge is 0.241 e. The molecule has 0 bridgehead atoms. The summed E-state index contributed by atoms with van der Waals surface area (Å²) < 4.78 is 7.99. The number of nitrogens with zero attached hydrogens (tertiary/aromatic N) is 2. The number of para-hydroxylation sites is 2. The third-order valence-corrected chi connectivity index (χ3v) is 4.17. The lowest BCUT2D eigenvalue weighted by atomic mass is 10.1. The van der Waals surface area contributed by atoms with E-state index in [0.717, 1.165) is 42.2 Å². The van der Waals surface area contributed by atoms with E-state index in [9.17, 15) is 0 Å². The van der Waals surface area contributed by atoms with Crippen molar-refractivity contribution in [3.05, 3.63) is 54.6 Å². The third-order valence-electron chi connectivity index (χ3n) is 4.17. The molecule has 0 spiro atoms. The summed E-state index contributed by atoms with van der Waals surface area (Å²) in [7, 11) is 0. The van der Waals surface area contributed by atoms with E-state index in [4.69, 9.17) is 9.84 Å². The van der Waals surface area contributed by atoms with Gasteiger partial charge in [-0.25, -0.2) is 4.68 Å². The van der Waals surface area contributed by atoms with E-state index in [0.29, 0.717) is 5.92 Å². The zero-order valence-electron chi connectivity index (χ0n) is 12.4. The molecule has 4 heteroatoms. The van der Waals surface area contributed by atoms with Crippen LogP contribution in [0.2, 0.25) is 0 Å². The molecule has 4 rings (SSSR count). The largest absolute Gasteiger partial charge is 0.476 e. The Morgan fingerprint density at radius 3 is 2.73 bits per heavy atom. The maximum Gasteiger partial charge on any atom is 0.241 e. The van der Waals surface area contributed by atoms with Crippen LogP contribution >= 0.6 is 0 Å². The number of fused-ring (bicyclic) bond motifs is 1. The van der Waals surface area contributed by atoms with Gasteiger partial charge in [-0.05, 0) is 37.2 Å². The molecule has 1 aliphatic rings. The van der Waals surface area contributed by atoms with Crippen LogP contribution in [-0.4, -0.2) is 29.5 Å². The lowest BCUT2D eigenvalue weighted by molar-refractivity contribution is 0.252. The molecule has 2 aromatic carbocycles. The minimum atomic E-state index is 0.584. The van der Waals surface area contributed by atoms with Crippen molar-refractivity contribution in [2.45, 2.75) is 6.42 Å². The van der Waals surface area contributed by atoms with Gasteiger partial charge >= 0.3 is 0 Å². The predicted molar refractivity (Wildman–Crippen MR) is 87.5 cm³/mol. The zero-order valence-corrected chi connectivity index (χ0v) is 12.4. The van der Waals surface area contributed by atoms with E-state index < -0.39 is 0 Å². The van der Waals surface area contributed by atoms with Gasteiger partial charge < -0.3 is 10.1 Å². The van der Waals surface area contributed by atoms with Crippen LogP contribution in [0.4, 0.5) is 0 Å². The average Bonchev–Trinajstić information content (AvgIpc) is 3.22. The Bertz CT molecular complexity index is 760. The SMILES string of the molecule is c1ccc(-n2nc(OC[C@@H]3CCNC3)c3ccccc32)cc1. The molecule has 0 saturated carbocycles. The molecule has 1 fully saturated rings. The minimum absolute atomic E-state index is 0.584. The number of aromatic nitrogens is 2. The molecule has 1 N–H and O–H groups in total. The van der Waals surface area contributed by atoms with E-state index in [2.05, 4.69) is 29.6 Å². The van der Waals surface area contributed by atoms with Gasteiger partial charge in [0, 0.05) is 12.5 Å². The maximum atomic E-state index is 6.03. The van der Waals surface area contributed by atoms with Gasteiger partial charge in [0.2, 0.25) is 5.88 Å². The van der Waals surface area contributed by atoms with Gasteiger partial charge in [0.15, 0.2) is 0 Å². The Balaban J connectivity index is 1.69. The molecule has 1 saturated heterocycles. The highest BCUT2D eigenvalue weighted by atomic mass is 16.5. The molecule has 0 unspecified atom stereocenters. The van der Waals surface area contributed by atoms with Gasteiger partial charge in [-0.15, -0.1) is 5.10 Å². The first-order valence-electron chi connectivity index (χ1n) is 7.78. The molecule has 2 heterocycles. The summed E-state index contributed by atoms with van der Waals surface area (Å²) >= 11 is 0. The predicted octanol–water partition coefficient (Wildman–Crippen LogP) is 3.01. The molecule has 0 aliphatic carbocycles. The number of hydrogen-bond acceptors (Lipinski definition) is 3. The lowest BCUT2D eigenvalue weighted by Gasteiger charge is -2.08. The quantitative estimate of drug-likeness (QED) is 0.803. The number of nitrogens with one attached hydrogen (secondary N) is 1. The normalized spacial score (nSPS) is 17.9. The van der Waals surface area contributed by atoms with Crippen LogP contribution in [0.3, 0.4) is 0 Å². The fourth-order valence-corrected chi connectivity index (χ4v) is 2.96. The van der Waals surface area contributed by atoms with Crippen molar-refractivity contribution in [3.63, 3.8) is 0 Å². The van der Waals surface area contributed by atoms with Crippen molar-refractivity contribution < 1.29 is 4.74 Å². The van der Waals surface area contributed by atoms with E-state index in [1.807, 2.05) is 35.0 Å². The van der Waals surface area contributed by atoms with Gasteiger partial charge in [-0.1, -0.05) is 30.3 Å². The Morgan fingerprint density at radius 1 is 1.09 bits per heavy atom. The number of ether oxygens (including phenoxy) is 1. The van der Waals surface area contributed by atoms with Gasteiger partial charge in [-0.3, -0.25) is 0 Å². The van der Waals surface area contributed by atoms with Crippen LogP contribution in [-0.2, 0) is 0 Å². The lowest BCUT2D eigenvalue weighted by Crippen LogP contribution is -2.15. The van der Waals surface area contributed by atoms with Crippen LogP contribution in [0.1, 0.15) is 6.42 Å². The Hall–Kier alpha value is -2.33. The van der Waals surface area contributed by atoms with Gasteiger partial charge in [0.25, 0.3) is 0 Å². The Kier molecular flexibility index (Phi) is 3.52. The first-order valence-corrected chi connectivity index (χ1v) is 7.78. The molecule has 1 atom stereocenters. The summed E-state index contributed by atoms with van der Waals surface area (Å²) in [5.74, 6) is 1.31. The van der Waals surface area contributed by atoms with Crippen LogP contribution in [0, 0.1) is 5.92 Å². The van der Waals surface area contributed by atoms with Crippen LogP contribution in [0.15, 0.2) is 54.6 Å².